The van der Waals surface area contributed by atoms with Gasteiger partial charge in [0.05, 0.1) is 6.61 Å². The largest absolute Gasteiger partial charge is 0.396 e. The minimum absolute atomic E-state index is 0.0991. The molecule has 2 aliphatic rings. The van der Waals surface area contributed by atoms with E-state index in [1.807, 2.05) is 11.8 Å². The van der Waals surface area contributed by atoms with Gasteiger partial charge in [0.25, 0.3) is 0 Å². The van der Waals surface area contributed by atoms with Crippen molar-refractivity contribution in [2.75, 3.05) is 18.1 Å². The van der Waals surface area contributed by atoms with Crippen molar-refractivity contribution in [2.45, 2.75) is 51.5 Å². The molecule has 0 aromatic carbocycles. The maximum absolute atomic E-state index is 12.1. The summed E-state index contributed by atoms with van der Waals surface area (Å²) in [4.78, 5) is 12.1. The van der Waals surface area contributed by atoms with Crippen LogP contribution in [0.2, 0.25) is 0 Å². The van der Waals surface area contributed by atoms with Crippen molar-refractivity contribution >= 4 is 17.7 Å². The predicted octanol–water partition coefficient (Wildman–Crippen LogP) is 2.19. The number of nitrogens with one attached hydrogen (secondary N) is 1. The normalized spacial score (nSPS) is 33.6. The second-order valence-corrected chi connectivity index (χ2v) is 7.31. The number of hydrogen-bond acceptors (Lipinski definition) is 3. The fourth-order valence-corrected chi connectivity index (χ4v) is 4.34. The van der Waals surface area contributed by atoms with Crippen LogP contribution in [0.15, 0.2) is 0 Å². The van der Waals surface area contributed by atoms with E-state index in [1.54, 1.807) is 0 Å². The second-order valence-electron chi connectivity index (χ2n) is 6.08. The van der Waals surface area contributed by atoms with Crippen molar-refractivity contribution in [2.24, 2.45) is 11.3 Å². The maximum Gasteiger partial charge on any atom is 0.220 e. The number of amides is 1. The number of rotatable bonds is 4. The molecule has 2 N–H and O–H groups in total. The van der Waals surface area contributed by atoms with E-state index in [2.05, 4.69) is 12.2 Å². The van der Waals surface area contributed by atoms with E-state index in [1.165, 1.54) is 24.3 Å². The number of thioether (sulfide) groups is 1. The molecular formula is C14H25NO2S. The summed E-state index contributed by atoms with van der Waals surface area (Å²) < 4.78 is 0. The Bertz CT molecular complexity index is 292. The van der Waals surface area contributed by atoms with E-state index < -0.39 is 0 Å². The van der Waals surface area contributed by atoms with Gasteiger partial charge in [-0.1, -0.05) is 13.3 Å². The molecule has 18 heavy (non-hydrogen) atoms. The number of aliphatic hydroxyl groups is 1. The second kappa shape index (κ2) is 6.29. The minimum atomic E-state index is -0.0991. The van der Waals surface area contributed by atoms with Crippen molar-refractivity contribution < 1.29 is 9.90 Å². The Kier molecular flexibility index (Phi) is 4.96. The van der Waals surface area contributed by atoms with Gasteiger partial charge in [0.1, 0.15) is 0 Å². The van der Waals surface area contributed by atoms with Crippen LogP contribution in [0, 0.1) is 11.3 Å². The summed E-state index contributed by atoms with van der Waals surface area (Å²) in [7, 11) is 0. The van der Waals surface area contributed by atoms with Gasteiger partial charge in [-0.2, -0.15) is 11.8 Å². The standard InChI is InChI=1S/C14H25NO2S/c1-14(10-16)6-2-3-12(14)15-13(17)9-11-4-7-18-8-5-11/h11-12,16H,2-10H2,1H3,(H,15,17). The van der Waals surface area contributed by atoms with Crippen molar-refractivity contribution in [3.8, 4) is 0 Å². The Balaban J connectivity index is 1.79. The monoisotopic (exact) mass is 271 g/mol. The molecule has 0 radical (unpaired) electrons. The van der Waals surface area contributed by atoms with Gasteiger partial charge in [0, 0.05) is 17.9 Å². The lowest BCUT2D eigenvalue weighted by Gasteiger charge is -2.31. The first-order chi connectivity index (χ1) is 8.64. The summed E-state index contributed by atoms with van der Waals surface area (Å²) >= 11 is 2.00. The fourth-order valence-electron chi connectivity index (χ4n) is 3.13. The summed E-state index contributed by atoms with van der Waals surface area (Å²) in [6, 6.07) is 0.174. The van der Waals surface area contributed by atoms with Crippen LogP contribution in [-0.2, 0) is 4.79 Å². The van der Waals surface area contributed by atoms with Gasteiger partial charge < -0.3 is 10.4 Å². The highest BCUT2D eigenvalue weighted by Gasteiger charge is 2.39. The van der Waals surface area contributed by atoms with Crippen molar-refractivity contribution in [3.63, 3.8) is 0 Å². The fraction of sp³-hybridized carbons (Fsp3) is 0.929. The SMILES string of the molecule is CC1(CO)CCCC1NC(=O)CC1CCSCC1. The summed E-state index contributed by atoms with van der Waals surface area (Å²) in [6.07, 6.45) is 6.19. The lowest BCUT2D eigenvalue weighted by atomic mass is 9.85. The van der Waals surface area contributed by atoms with Crippen LogP contribution >= 0.6 is 11.8 Å². The zero-order valence-electron chi connectivity index (χ0n) is 11.3. The average molecular weight is 271 g/mol. The van der Waals surface area contributed by atoms with E-state index in [4.69, 9.17) is 0 Å². The summed E-state index contributed by atoms with van der Waals surface area (Å²) in [6.45, 7) is 2.26. The van der Waals surface area contributed by atoms with Crippen LogP contribution in [0.3, 0.4) is 0 Å². The highest BCUT2D eigenvalue weighted by atomic mass is 32.2. The van der Waals surface area contributed by atoms with Crippen molar-refractivity contribution in [3.05, 3.63) is 0 Å². The topological polar surface area (TPSA) is 49.3 Å². The molecule has 2 atom stereocenters. The van der Waals surface area contributed by atoms with Crippen LogP contribution in [0.25, 0.3) is 0 Å². The third-order valence-electron chi connectivity index (χ3n) is 4.59. The molecule has 4 heteroatoms. The van der Waals surface area contributed by atoms with Gasteiger partial charge >= 0.3 is 0 Å². The summed E-state index contributed by atoms with van der Waals surface area (Å²) in [5, 5.41) is 12.6. The van der Waals surface area contributed by atoms with E-state index >= 15 is 0 Å². The number of carbonyl (C=O) groups is 1. The van der Waals surface area contributed by atoms with E-state index in [-0.39, 0.29) is 24.0 Å². The Morgan fingerprint density at radius 3 is 2.78 bits per heavy atom. The number of hydrogen-bond donors (Lipinski definition) is 2. The van der Waals surface area contributed by atoms with Crippen LogP contribution < -0.4 is 5.32 Å². The molecule has 1 heterocycles. The lowest BCUT2D eigenvalue weighted by molar-refractivity contribution is -0.123. The molecule has 0 spiro atoms. The molecule has 1 aliphatic heterocycles. The Morgan fingerprint density at radius 1 is 1.39 bits per heavy atom. The molecular weight excluding hydrogens is 246 g/mol. The Morgan fingerprint density at radius 2 is 2.11 bits per heavy atom. The van der Waals surface area contributed by atoms with E-state index in [0.29, 0.717) is 12.3 Å². The minimum Gasteiger partial charge on any atom is -0.396 e. The van der Waals surface area contributed by atoms with Crippen molar-refractivity contribution in [1.82, 2.24) is 5.32 Å². The zero-order valence-corrected chi connectivity index (χ0v) is 12.1. The highest BCUT2D eigenvalue weighted by Crippen LogP contribution is 2.37. The number of aliphatic hydroxyl groups excluding tert-OH is 1. The Hall–Kier alpha value is -0.220. The smallest absolute Gasteiger partial charge is 0.220 e. The third-order valence-corrected chi connectivity index (χ3v) is 5.64. The maximum atomic E-state index is 12.1. The first-order valence-electron chi connectivity index (χ1n) is 7.12. The Labute approximate surface area is 114 Å². The van der Waals surface area contributed by atoms with E-state index in [9.17, 15) is 9.90 Å². The molecule has 1 saturated heterocycles. The first-order valence-corrected chi connectivity index (χ1v) is 8.27. The molecule has 1 amide bonds. The van der Waals surface area contributed by atoms with Gasteiger partial charge in [-0.25, -0.2) is 0 Å². The van der Waals surface area contributed by atoms with Gasteiger partial charge in [-0.3, -0.25) is 4.79 Å². The molecule has 1 saturated carbocycles. The van der Waals surface area contributed by atoms with E-state index in [0.717, 1.165) is 19.3 Å². The molecule has 0 aromatic heterocycles. The van der Waals surface area contributed by atoms with Gasteiger partial charge in [0.15, 0.2) is 0 Å². The molecule has 2 unspecified atom stereocenters. The highest BCUT2D eigenvalue weighted by molar-refractivity contribution is 7.99. The average Bonchev–Trinajstić information content (AvgIpc) is 2.73. The third kappa shape index (κ3) is 3.41. The lowest BCUT2D eigenvalue weighted by Crippen LogP contribution is -2.45. The summed E-state index contributed by atoms with van der Waals surface area (Å²) in [5.41, 5.74) is -0.0991. The van der Waals surface area contributed by atoms with Crippen LogP contribution in [0.1, 0.15) is 45.4 Å². The van der Waals surface area contributed by atoms with Gasteiger partial charge in [-0.15, -0.1) is 0 Å². The molecule has 1 aliphatic carbocycles. The number of carbonyl (C=O) groups excluding carboxylic acids is 1. The predicted molar refractivity (Wildman–Crippen MR) is 75.6 cm³/mol. The van der Waals surface area contributed by atoms with Gasteiger partial charge in [0.2, 0.25) is 5.91 Å². The van der Waals surface area contributed by atoms with Crippen LogP contribution in [-0.4, -0.2) is 35.2 Å². The summed E-state index contributed by atoms with van der Waals surface area (Å²) in [5.74, 6) is 3.18. The van der Waals surface area contributed by atoms with Gasteiger partial charge in [-0.05, 0) is 43.1 Å². The molecule has 0 aromatic rings. The molecule has 0 bridgehead atoms. The molecule has 104 valence electrons. The molecule has 2 rings (SSSR count). The quantitative estimate of drug-likeness (QED) is 0.824. The van der Waals surface area contributed by atoms with Crippen molar-refractivity contribution in [1.29, 1.82) is 0 Å². The molecule has 3 nitrogen and oxygen atoms in total. The van der Waals surface area contributed by atoms with Crippen LogP contribution in [0.5, 0.6) is 0 Å². The first kappa shape index (κ1) is 14.2. The van der Waals surface area contributed by atoms with Crippen LogP contribution in [0.4, 0.5) is 0 Å². The molecule has 2 fully saturated rings. The zero-order chi connectivity index (χ0) is 13.0.